The lowest BCUT2D eigenvalue weighted by Gasteiger charge is -2.28. The van der Waals surface area contributed by atoms with Gasteiger partial charge in [-0.25, -0.2) is 9.37 Å². The van der Waals surface area contributed by atoms with Gasteiger partial charge in [0.25, 0.3) is 0 Å². The van der Waals surface area contributed by atoms with Crippen LogP contribution in [0.4, 0.5) is 10.1 Å². The fourth-order valence-corrected chi connectivity index (χ4v) is 3.96. The van der Waals surface area contributed by atoms with Crippen molar-refractivity contribution in [2.75, 3.05) is 29.5 Å². The lowest BCUT2D eigenvalue weighted by molar-refractivity contribution is 0.562. The topological polar surface area (TPSA) is 46.3 Å². The minimum Gasteiger partial charge on any atom is -0.444 e. The molecule has 2 aromatic carbocycles. The SMILES string of the molecule is O=S1CCN(c2ccc(-c3coc(-c4ccccc4F)n3)cc2)CC1. The first-order valence-corrected chi connectivity index (χ1v) is 9.60. The Morgan fingerprint density at radius 2 is 1.76 bits per heavy atom. The van der Waals surface area contributed by atoms with E-state index < -0.39 is 10.8 Å². The number of nitrogens with zero attached hydrogens (tertiary/aromatic N) is 2. The summed E-state index contributed by atoms with van der Waals surface area (Å²) < 4.78 is 30.8. The van der Waals surface area contributed by atoms with Crippen LogP contribution in [-0.2, 0) is 10.8 Å². The lowest BCUT2D eigenvalue weighted by Crippen LogP contribution is -2.37. The van der Waals surface area contributed by atoms with Gasteiger partial charge in [0.15, 0.2) is 0 Å². The van der Waals surface area contributed by atoms with Gasteiger partial charge in [-0.3, -0.25) is 4.21 Å². The summed E-state index contributed by atoms with van der Waals surface area (Å²) >= 11 is 0. The molecule has 4 nitrogen and oxygen atoms in total. The summed E-state index contributed by atoms with van der Waals surface area (Å²) in [4.78, 5) is 6.64. The van der Waals surface area contributed by atoms with E-state index in [9.17, 15) is 8.60 Å². The average molecular weight is 356 g/mol. The van der Waals surface area contributed by atoms with Crippen molar-refractivity contribution in [1.82, 2.24) is 4.98 Å². The van der Waals surface area contributed by atoms with Crippen molar-refractivity contribution < 1.29 is 13.0 Å². The predicted octanol–water partition coefficient (Wildman–Crippen LogP) is 3.72. The highest BCUT2D eigenvalue weighted by Gasteiger charge is 2.16. The Balaban J connectivity index is 1.55. The molecule has 0 spiro atoms. The Bertz CT molecular complexity index is 898. The fraction of sp³-hybridized carbons (Fsp3) is 0.211. The molecular formula is C19H17FN2O2S. The molecule has 1 aliphatic heterocycles. The van der Waals surface area contributed by atoms with Crippen LogP contribution in [0.2, 0.25) is 0 Å². The highest BCUT2D eigenvalue weighted by molar-refractivity contribution is 7.85. The van der Waals surface area contributed by atoms with E-state index in [1.54, 1.807) is 24.5 Å². The molecule has 1 aliphatic rings. The molecule has 0 amide bonds. The van der Waals surface area contributed by atoms with Crippen molar-refractivity contribution in [3.8, 4) is 22.7 Å². The number of oxazole rings is 1. The summed E-state index contributed by atoms with van der Waals surface area (Å²) in [5, 5.41) is 0. The molecule has 128 valence electrons. The number of hydrogen-bond donors (Lipinski definition) is 0. The minimum atomic E-state index is -0.681. The van der Waals surface area contributed by atoms with Gasteiger partial charge >= 0.3 is 0 Å². The molecule has 0 bridgehead atoms. The second-order valence-electron chi connectivity index (χ2n) is 5.90. The molecule has 3 aromatic rings. The summed E-state index contributed by atoms with van der Waals surface area (Å²) in [5.74, 6) is 1.36. The Morgan fingerprint density at radius 3 is 2.48 bits per heavy atom. The van der Waals surface area contributed by atoms with Gasteiger partial charge in [-0.2, -0.15) is 0 Å². The van der Waals surface area contributed by atoms with Crippen molar-refractivity contribution in [2.24, 2.45) is 0 Å². The summed E-state index contributed by atoms with van der Waals surface area (Å²) in [6.07, 6.45) is 1.54. The maximum atomic E-state index is 13.8. The fourth-order valence-electron chi connectivity index (χ4n) is 2.90. The first kappa shape index (κ1) is 16.0. The maximum absolute atomic E-state index is 13.8. The van der Waals surface area contributed by atoms with Gasteiger partial charge in [0, 0.05) is 46.6 Å². The number of halogens is 1. The van der Waals surface area contributed by atoms with Gasteiger partial charge in [0.05, 0.1) is 5.56 Å². The van der Waals surface area contributed by atoms with Crippen LogP contribution in [0, 0.1) is 5.82 Å². The summed E-state index contributed by atoms with van der Waals surface area (Å²) in [6, 6.07) is 14.4. The van der Waals surface area contributed by atoms with Crippen molar-refractivity contribution in [3.63, 3.8) is 0 Å². The molecule has 2 heterocycles. The smallest absolute Gasteiger partial charge is 0.229 e. The van der Waals surface area contributed by atoms with Crippen molar-refractivity contribution >= 4 is 16.5 Å². The van der Waals surface area contributed by atoms with E-state index in [0.717, 1.165) is 35.8 Å². The second-order valence-corrected chi connectivity index (χ2v) is 7.60. The first-order valence-electron chi connectivity index (χ1n) is 8.11. The van der Waals surface area contributed by atoms with Crippen LogP contribution >= 0.6 is 0 Å². The molecule has 4 rings (SSSR count). The van der Waals surface area contributed by atoms with Crippen LogP contribution in [-0.4, -0.2) is 33.8 Å². The molecule has 1 aromatic heterocycles. The minimum absolute atomic E-state index is 0.274. The molecule has 0 unspecified atom stereocenters. The third kappa shape index (κ3) is 3.35. The van der Waals surface area contributed by atoms with E-state index in [2.05, 4.69) is 9.88 Å². The molecule has 25 heavy (non-hydrogen) atoms. The average Bonchev–Trinajstić information content (AvgIpc) is 3.13. The van der Waals surface area contributed by atoms with Crippen LogP contribution < -0.4 is 4.90 Å². The Kier molecular flexibility index (Phi) is 4.36. The Hall–Kier alpha value is -2.47. The predicted molar refractivity (Wildman–Crippen MR) is 97.4 cm³/mol. The van der Waals surface area contributed by atoms with E-state index >= 15 is 0 Å². The summed E-state index contributed by atoms with van der Waals surface area (Å²) in [6.45, 7) is 1.63. The molecular weight excluding hydrogens is 339 g/mol. The van der Waals surface area contributed by atoms with E-state index in [-0.39, 0.29) is 11.7 Å². The summed E-state index contributed by atoms with van der Waals surface area (Å²) in [5.41, 5.74) is 3.05. The molecule has 0 radical (unpaired) electrons. The van der Waals surface area contributed by atoms with Gasteiger partial charge in [0.1, 0.15) is 17.8 Å². The molecule has 0 atom stereocenters. The number of benzene rings is 2. The third-order valence-corrected chi connectivity index (χ3v) is 5.59. The number of hydrogen-bond acceptors (Lipinski definition) is 4. The van der Waals surface area contributed by atoms with Crippen molar-refractivity contribution in [3.05, 3.63) is 60.6 Å². The monoisotopic (exact) mass is 356 g/mol. The van der Waals surface area contributed by atoms with Gasteiger partial charge in [-0.05, 0) is 24.3 Å². The summed E-state index contributed by atoms with van der Waals surface area (Å²) in [7, 11) is -0.681. The van der Waals surface area contributed by atoms with Crippen LogP contribution in [0.3, 0.4) is 0 Å². The lowest BCUT2D eigenvalue weighted by atomic mass is 10.1. The number of aromatic nitrogens is 1. The normalized spacial score (nSPS) is 15.5. The van der Waals surface area contributed by atoms with E-state index in [0.29, 0.717) is 11.3 Å². The van der Waals surface area contributed by atoms with Crippen LogP contribution in [0.1, 0.15) is 0 Å². The largest absolute Gasteiger partial charge is 0.444 e. The van der Waals surface area contributed by atoms with Gasteiger partial charge in [-0.15, -0.1) is 0 Å². The quantitative estimate of drug-likeness (QED) is 0.718. The van der Waals surface area contributed by atoms with Gasteiger partial charge < -0.3 is 9.32 Å². The van der Waals surface area contributed by atoms with Crippen LogP contribution in [0.5, 0.6) is 0 Å². The van der Waals surface area contributed by atoms with Crippen molar-refractivity contribution in [2.45, 2.75) is 0 Å². The highest BCUT2D eigenvalue weighted by Crippen LogP contribution is 2.28. The Morgan fingerprint density at radius 1 is 1.04 bits per heavy atom. The zero-order chi connectivity index (χ0) is 17.2. The van der Waals surface area contributed by atoms with E-state index in [1.165, 1.54) is 6.07 Å². The maximum Gasteiger partial charge on any atom is 0.229 e. The van der Waals surface area contributed by atoms with Crippen LogP contribution in [0.25, 0.3) is 22.7 Å². The molecule has 0 aliphatic carbocycles. The molecule has 1 fully saturated rings. The first-order chi connectivity index (χ1) is 12.2. The van der Waals surface area contributed by atoms with Gasteiger partial charge in [-0.1, -0.05) is 24.3 Å². The van der Waals surface area contributed by atoms with Crippen LogP contribution in [0.15, 0.2) is 59.2 Å². The third-order valence-electron chi connectivity index (χ3n) is 4.31. The zero-order valence-electron chi connectivity index (χ0n) is 13.5. The Labute approximate surface area is 147 Å². The highest BCUT2D eigenvalue weighted by atomic mass is 32.2. The molecule has 0 saturated carbocycles. The van der Waals surface area contributed by atoms with Gasteiger partial charge in [0.2, 0.25) is 5.89 Å². The molecule has 6 heteroatoms. The standard InChI is InChI=1S/C19H17FN2O2S/c20-17-4-2-1-3-16(17)19-21-18(13-24-19)14-5-7-15(8-6-14)22-9-11-25(23)12-10-22/h1-8,13H,9-12H2. The van der Waals surface area contributed by atoms with Crippen molar-refractivity contribution in [1.29, 1.82) is 0 Å². The van der Waals surface area contributed by atoms with E-state index in [4.69, 9.17) is 4.42 Å². The zero-order valence-corrected chi connectivity index (χ0v) is 14.3. The number of rotatable bonds is 3. The second kappa shape index (κ2) is 6.80. The van der Waals surface area contributed by atoms with E-state index in [1.807, 2.05) is 24.3 Å². The molecule has 1 saturated heterocycles. The molecule has 0 N–H and O–H groups in total. The number of anilines is 1.